The highest BCUT2D eigenvalue weighted by Gasteiger charge is 2.42. The zero-order chi connectivity index (χ0) is 18.1. The second kappa shape index (κ2) is 6.73. The summed E-state index contributed by atoms with van der Waals surface area (Å²) in [5.74, 6) is 0.129. The van der Waals surface area contributed by atoms with Gasteiger partial charge in [-0.25, -0.2) is 4.98 Å². The molecular weight excluding hydrogens is 356 g/mol. The van der Waals surface area contributed by atoms with E-state index in [1.54, 1.807) is 27.3 Å². The predicted molar refractivity (Wildman–Crippen MR) is 95.0 cm³/mol. The number of morpholine rings is 1. The molecule has 0 aliphatic carbocycles. The van der Waals surface area contributed by atoms with Crippen LogP contribution in [0, 0.1) is 0 Å². The van der Waals surface area contributed by atoms with Gasteiger partial charge in [-0.3, -0.25) is 9.59 Å². The van der Waals surface area contributed by atoms with Crippen molar-refractivity contribution in [3.05, 3.63) is 35.2 Å². The van der Waals surface area contributed by atoms with Crippen LogP contribution >= 0.6 is 11.3 Å². The lowest BCUT2D eigenvalue weighted by atomic mass is 9.89. The van der Waals surface area contributed by atoms with Crippen LogP contribution in [0.2, 0.25) is 0 Å². The number of carbonyl (C=O) groups excluding carboxylic acids is 2. The number of amides is 2. The largest absolute Gasteiger partial charge is 0.459 e. The minimum absolute atomic E-state index is 0.105. The molecule has 2 aromatic rings. The van der Waals surface area contributed by atoms with Crippen LogP contribution < -0.4 is 5.73 Å². The Hall–Kier alpha value is -2.39. The van der Waals surface area contributed by atoms with E-state index in [9.17, 15) is 9.59 Å². The van der Waals surface area contributed by atoms with Crippen molar-refractivity contribution in [2.45, 2.75) is 18.4 Å². The molecule has 0 aromatic carbocycles. The summed E-state index contributed by atoms with van der Waals surface area (Å²) in [7, 11) is 0. The van der Waals surface area contributed by atoms with Gasteiger partial charge in [0.15, 0.2) is 10.9 Å². The number of thiazole rings is 1. The molecule has 2 aromatic heterocycles. The number of likely N-dealkylation sites (tertiary alicyclic amines) is 1. The highest BCUT2D eigenvalue weighted by Crippen LogP contribution is 2.31. The first-order valence-electron chi connectivity index (χ1n) is 8.53. The minimum atomic E-state index is -0.407. The molecule has 0 radical (unpaired) electrons. The number of hydrogen-bond donors (Lipinski definition) is 1. The van der Waals surface area contributed by atoms with Gasteiger partial charge in [0.1, 0.15) is 5.69 Å². The molecule has 2 aliphatic rings. The van der Waals surface area contributed by atoms with Gasteiger partial charge >= 0.3 is 0 Å². The Morgan fingerprint density at radius 2 is 2.00 bits per heavy atom. The van der Waals surface area contributed by atoms with Crippen molar-refractivity contribution in [1.29, 1.82) is 0 Å². The van der Waals surface area contributed by atoms with Gasteiger partial charge in [-0.15, -0.1) is 11.3 Å². The SMILES string of the molecule is Nc1nc(C(=O)N2CCOC3(CCN(C(=O)c4ccco4)CC3)C2)cs1. The summed E-state index contributed by atoms with van der Waals surface area (Å²) in [6.07, 6.45) is 2.86. The van der Waals surface area contributed by atoms with Gasteiger partial charge in [0.05, 0.1) is 25.0 Å². The fourth-order valence-electron chi connectivity index (χ4n) is 3.54. The van der Waals surface area contributed by atoms with Gasteiger partial charge < -0.3 is 24.7 Å². The number of nitrogens with two attached hydrogens (primary N) is 1. The number of nitrogen functional groups attached to an aromatic ring is 1. The van der Waals surface area contributed by atoms with Crippen LogP contribution in [0.25, 0.3) is 0 Å². The number of rotatable bonds is 2. The van der Waals surface area contributed by atoms with Crippen LogP contribution in [0.15, 0.2) is 28.2 Å². The van der Waals surface area contributed by atoms with E-state index in [0.717, 1.165) is 0 Å². The number of piperidine rings is 1. The van der Waals surface area contributed by atoms with Gasteiger partial charge in [-0.2, -0.15) is 0 Å². The summed E-state index contributed by atoms with van der Waals surface area (Å²) in [5, 5.41) is 2.07. The highest BCUT2D eigenvalue weighted by atomic mass is 32.1. The fourth-order valence-corrected chi connectivity index (χ4v) is 4.08. The first kappa shape index (κ1) is 17.0. The normalized spacial score (nSPS) is 19.7. The summed E-state index contributed by atoms with van der Waals surface area (Å²) in [5.41, 5.74) is 5.61. The molecule has 2 N–H and O–H groups in total. The van der Waals surface area contributed by atoms with E-state index in [2.05, 4.69) is 4.98 Å². The molecular formula is C17H20N4O4S. The Kier molecular flexibility index (Phi) is 4.41. The Morgan fingerprint density at radius 1 is 1.19 bits per heavy atom. The van der Waals surface area contributed by atoms with Crippen molar-refractivity contribution < 1.29 is 18.7 Å². The van der Waals surface area contributed by atoms with E-state index in [1.807, 2.05) is 0 Å². The highest BCUT2D eigenvalue weighted by molar-refractivity contribution is 7.13. The van der Waals surface area contributed by atoms with Crippen LogP contribution in [0.1, 0.15) is 33.9 Å². The van der Waals surface area contributed by atoms with Crippen LogP contribution in [-0.4, -0.2) is 65.0 Å². The Morgan fingerprint density at radius 3 is 2.65 bits per heavy atom. The molecule has 26 heavy (non-hydrogen) atoms. The Bertz CT molecular complexity index is 796. The molecule has 0 saturated carbocycles. The molecule has 2 saturated heterocycles. The molecule has 1 spiro atoms. The minimum Gasteiger partial charge on any atom is -0.459 e. The maximum absolute atomic E-state index is 12.6. The summed E-state index contributed by atoms with van der Waals surface area (Å²) in [4.78, 5) is 32.7. The number of carbonyl (C=O) groups is 2. The summed E-state index contributed by atoms with van der Waals surface area (Å²) >= 11 is 1.26. The van der Waals surface area contributed by atoms with E-state index >= 15 is 0 Å². The average Bonchev–Trinajstić information content (AvgIpc) is 3.33. The number of hydrogen-bond acceptors (Lipinski definition) is 7. The van der Waals surface area contributed by atoms with Crippen LogP contribution in [-0.2, 0) is 4.74 Å². The number of nitrogens with zero attached hydrogens (tertiary/aromatic N) is 3. The van der Waals surface area contributed by atoms with Crippen molar-refractivity contribution in [2.24, 2.45) is 0 Å². The standard InChI is InChI=1S/C17H20N4O4S/c18-16-19-12(10-26-16)14(22)21-7-9-25-17(11-21)3-5-20(6-4-17)15(23)13-2-1-8-24-13/h1-2,8,10H,3-7,9,11H2,(H2,18,19). The molecule has 8 nitrogen and oxygen atoms in total. The molecule has 2 fully saturated rings. The second-order valence-electron chi connectivity index (χ2n) is 6.60. The first-order valence-corrected chi connectivity index (χ1v) is 9.41. The van der Waals surface area contributed by atoms with Crippen LogP contribution in [0.5, 0.6) is 0 Å². The van der Waals surface area contributed by atoms with Gasteiger partial charge in [0.2, 0.25) is 0 Å². The van der Waals surface area contributed by atoms with E-state index in [-0.39, 0.29) is 11.8 Å². The number of aromatic nitrogens is 1. The average molecular weight is 376 g/mol. The van der Waals surface area contributed by atoms with Crippen LogP contribution in [0.3, 0.4) is 0 Å². The molecule has 2 aliphatic heterocycles. The number of anilines is 1. The quantitative estimate of drug-likeness (QED) is 0.851. The van der Waals surface area contributed by atoms with Crippen LogP contribution in [0.4, 0.5) is 5.13 Å². The molecule has 138 valence electrons. The zero-order valence-corrected chi connectivity index (χ0v) is 15.0. The second-order valence-corrected chi connectivity index (χ2v) is 7.49. The van der Waals surface area contributed by atoms with Crippen molar-refractivity contribution in [1.82, 2.24) is 14.8 Å². The van der Waals surface area contributed by atoms with Gasteiger partial charge in [0.25, 0.3) is 11.8 Å². The molecule has 0 bridgehead atoms. The summed E-state index contributed by atoms with van der Waals surface area (Å²) in [6.45, 7) is 2.67. The van der Waals surface area contributed by atoms with Crippen molar-refractivity contribution >= 4 is 28.3 Å². The third-order valence-electron chi connectivity index (χ3n) is 4.97. The number of ether oxygens (including phenoxy) is 1. The van der Waals surface area contributed by atoms with E-state index in [0.29, 0.717) is 62.2 Å². The molecule has 2 amide bonds. The van der Waals surface area contributed by atoms with Gasteiger partial charge in [-0.05, 0) is 25.0 Å². The third-order valence-corrected chi connectivity index (χ3v) is 5.64. The monoisotopic (exact) mass is 376 g/mol. The van der Waals surface area contributed by atoms with Crippen molar-refractivity contribution in [3.63, 3.8) is 0 Å². The van der Waals surface area contributed by atoms with Crippen molar-refractivity contribution in [3.8, 4) is 0 Å². The lowest BCUT2D eigenvalue weighted by Crippen LogP contribution is -2.58. The summed E-state index contributed by atoms with van der Waals surface area (Å²) in [6, 6.07) is 3.38. The van der Waals surface area contributed by atoms with Gasteiger partial charge in [0, 0.05) is 25.0 Å². The van der Waals surface area contributed by atoms with Crippen molar-refractivity contribution in [2.75, 3.05) is 38.5 Å². The summed E-state index contributed by atoms with van der Waals surface area (Å²) < 4.78 is 11.2. The molecule has 9 heteroatoms. The lowest BCUT2D eigenvalue weighted by Gasteiger charge is -2.47. The van der Waals surface area contributed by atoms with Gasteiger partial charge in [-0.1, -0.05) is 0 Å². The molecule has 4 rings (SSSR count). The third kappa shape index (κ3) is 3.19. The maximum Gasteiger partial charge on any atom is 0.289 e. The fraction of sp³-hybridized carbons (Fsp3) is 0.471. The first-order chi connectivity index (χ1) is 12.6. The smallest absolute Gasteiger partial charge is 0.289 e. The molecule has 4 heterocycles. The lowest BCUT2D eigenvalue weighted by molar-refractivity contribution is -0.123. The maximum atomic E-state index is 12.6. The van der Waals surface area contributed by atoms with E-state index < -0.39 is 5.60 Å². The predicted octanol–water partition coefficient (Wildman–Crippen LogP) is 1.47. The Balaban J connectivity index is 1.40. The topological polar surface area (TPSA) is 102 Å². The number of furan rings is 1. The zero-order valence-electron chi connectivity index (χ0n) is 14.2. The van der Waals surface area contributed by atoms with E-state index in [1.165, 1.54) is 17.6 Å². The molecule has 0 unspecified atom stereocenters. The Labute approximate surface area is 154 Å². The van der Waals surface area contributed by atoms with E-state index in [4.69, 9.17) is 14.9 Å². The molecule has 0 atom stereocenters.